The first-order valence-corrected chi connectivity index (χ1v) is 12.5. The van der Waals surface area contributed by atoms with Gasteiger partial charge in [-0.25, -0.2) is 9.59 Å². The Morgan fingerprint density at radius 2 is 1.88 bits per heavy atom. The number of hydrogen-bond donors (Lipinski definition) is 2. The summed E-state index contributed by atoms with van der Waals surface area (Å²) < 4.78 is 46.2. The fourth-order valence-electron chi connectivity index (χ4n) is 4.61. The number of amides is 2. The molecule has 0 bridgehead atoms. The number of anilines is 1. The number of nitriles is 1. The van der Waals surface area contributed by atoms with Gasteiger partial charge in [-0.15, -0.1) is 0 Å². The average molecular weight is 558 g/mol. The van der Waals surface area contributed by atoms with E-state index >= 15 is 0 Å². The minimum Gasteiger partial charge on any atom is -0.466 e. The Bertz CT molecular complexity index is 1410. The summed E-state index contributed by atoms with van der Waals surface area (Å²) in [6.45, 7) is 4.99. The summed E-state index contributed by atoms with van der Waals surface area (Å²) in [7, 11) is 5.22. The molecule has 1 aliphatic heterocycles. The van der Waals surface area contributed by atoms with Crippen molar-refractivity contribution in [1.82, 2.24) is 4.90 Å². The molecule has 40 heavy (non-hydrogen) atoms. The summed E-state index contributed by atoms with van der Waals surface area (Å²) in [6, 6.07) is 8.78. The molecule has 0 saturated carbocycles. The first kappa shape index (κ1) is 30.2. The van der Waals surface area contributed by atoms with E-state index in [1.165, 1.54) is 25.1 Å². The number of methoxy groups -OCH3 is 1. The number of halogens is 3. The second-order valence-electron chi connectivity index (χ2n) is 10.1. The second-order valence-corrected chi connectivity index (χ2v) is 10.1. The number of ether oxygens (including phenoxy) is 1. The topological polar surface area (TPSA) is 124 Å². The maximum absolute atomic E-state index is 13.5. The molecule has 1 heterocycles. The average Bonchev–Trinajstić information content (AvgIpc) is 2.90. The van der Waals surface area contributed by atoms with Gasteiger partial charge < -0.3 is 15.0 Å². The minimum atomic E-state index is -4.66. The number of nitrogens with zero attached hydrogens (tertiary/aromatic N) is 4. The van der Waals surface area contributed by atoms with E-state index in [-0.39, 0.29) is 17.0 Å². The van der Waals surface area contributed by atoms with Crippen molar-refractivity contribution >= 4 is 23.6 Å². The van der Waals surface area contributed by atoms with E-state index in [1.807, 2.05) is 21.0 Å². The van der Waals surface area contributed by atoms with Crippen molar-refractivity contribution in [3.05, 3.63) is 76.0 Å². The molecule has 0 unspecified atom stereocenters. The van der Waals surface area contributed by atoms with E-state index in [9.17, 15) is 28.0 Å². The number of primary amides is 1. The van der Waals surface area contributed by atoms with Crippen LogP contribution in [-0.2, 0) is 22.1 Å². The third kappa shape index (κ3) is 5.94. The molecule has 3 rings (SSSR count). The van der Waals surface area contributed by atoms with Gasteiger partial charge >= 0.3 is 18.2 Å². The van der Waals surface area contributed by atoms with Crippen LogP contribution in [0.25, 0.3) is 0 Å². The molecule has 2 aromatic carbocycles. The number of esters is 1. The Balaban J connectivity index is 2.32. The van der Waals surface area contributed by atoms with Crippen LogP contribution in [-0.4, -0.2) is 61.6 Å². The predicted molar refractivity (Wildman–Crippen MR) is 143 cm³/mol. The fourth-order valence-corrected chi connectivity index (χ4v) is 4.61. The highest BCUT2D eigenvalue weighted by Crippen LogP contribution is 2.42. The van der Waals surface area contributed by atoms with Crippen molar-refractivity contribution in [1.29, 1.82) is 10.7 Å². The van der Waals surface area contributed by atoms with Gasteiger partial charge in [0.05, 0.1) is 57.1 Å². The normalized spacial score (nSPS) is 16.2. The quantitative estimate of drug-likeness (QED) is 0.382. The molecule has 1 aliphatic rings. The van der Waals surface area contributed by atoms with Gasteiger partial charge in [0.2, 0.25) is 5.96 Å². The number of allylic oxidation sites excluding steroid dienone is 1. The van der Waals surface area contributed by atoms with Crippen LogP contribution in [0.3, 0.4) is 0 Å². The van der Waals surface area contributed by atoms with Crippen molar-refractivity contribution in [2.75, 3.05) is 39.2 Å². The van der Waals surface area contributed by atoms with Crippen molar-refractivity contribution in [3.8, 4) is 6.07 Å². The highest BCUT2D eigenvalue weighted by Gasteiger charge is 2.44. The zero-order valence-corrected chi connectivity index (χ0v) is 23.0. The molecule has 212 valence electrons. The van der Waals surface area contributed by atoms with Gasteiger partial charge in [-0.3, -0.25) is 15.2 Å². The van der Waals surface area contributed by atoms with E-state index in [4.69, 9.17) is 15.9 Å². The van der Waals surface area contributed by atoms with Gasteiger partial charge in [-0.1, -0.05) is 12.1 Å². The smallest absolute Gasteiger partial charge is 0.416 e. The molecule has 2 aromatic rings. The maximum Gasteiger partial charge on any atom is 0.416 e. The summed E-state index contributed by atoms with van der Waals surface area (Å²) in [4.78, 5) is 28.0. The summed E-state index contributed by atoms with van der Waals surface area (Å²) in [5.74, 6) is -1.39. The lowest BCUT2D eigenvalue weighted by atomic mass is 9.87. The number of nitrogens with two attached hydrogens (primary N) is 1. The second kappa shape index (κ2) is 11.4. The number of guanidine groups is 1. The molecule has 2 amide bonds. The Labute approximate surface area is 230 Å². The number of alkyl halides is 3. The summed E-state index contributed by atoms with van der Waals surface area (Å²) in [5, 5.41) is 18.4. The highest BCUT2D eigenvalue weighted by molar-refractivity contribution is 6.10. The molecule has 0 aliphatic carbocycles. The van der Waals surface area contributed by atoms with E-state index in [0.717, 1.165) is 35.6 Å². The van der Waals surface area contributed by atoms with Gasteiger partial charge in [0.1, 0.15) is 6.04 Å². The standard InChI is InChI=1S/C28H31F3N6O3/c1-6-37(3,4)13-12-19-14-18(16-32)10-11-22(19)24-23(25(38)40-5)17(2)35(26(33)36(24)27(34)39)21-9-7-8-20(15-21)28(29,30)31/h7-11,14-15,24,33H,6,12-13H2,1-5H3,(H-,34,39)/p+1/t24-/m1/s1. The van der Waals surface area contributed by atoms with E-state index in [2.05, 4.69) is 6.07 Å². The zero-order chi connectivity index (χ0) is 30.0. The molecule has 0 fully saturated rings. The highest BCUT2D eigenvalue weighted by atomic mass is 19.4. The van der Waals surface area contributed by atoms with Crippen LogP contribution in [0.4, 0.5) is 23.7 Å². The van der Waals surface area contributed by atoms with E-state index in [0.29, 0.717) is 34.1 Å². The molecule has 0 saturated heterocycles. The van der Waals surface area contributed by atoms with Crippen molar-refractivity contribution in [2.45, 2.75) is 32.5 Å². The minimum absolute atomic E-state index is 0.0788. The van der Waals surface area contributed by atoms with E-state index < -0.39 is 35.7 Å². The fraction of sp³-hybridized carbons (Fsp3) is 0.357. The number of nitrogens with one attached hydrogen (secondary N) is 1. The third-order valence-corrected chi connectivity index (χ3v) is 7.18. The van der Waals surface area contributed by atoms with Crippen LogP contribution < -0.4 is 10.6 Å². The number of quaternary nitrogens is 1. The number of likely N-dealkylation sites (N-methyl/N-ethyl adjacent to an activating group) is 1. The van der Waals surface area contributed by atoms with Crippen LogP contribution in [0.15, 0.2) is 53.7 Å². The zero-order valence-electron chi connectivity index (χ0n) is 23.0. The van der Waals surface area contributed by atoms with Crippen molar-refractivity contribution < 1.29 is 32.0 Å². The molecule has 0 aromatic heterocycles. The van der Waals surface area contributed by atoms with Crippen LogP contribution in [0, 0.1) is 16.7 Å². The number of rotatable bonds is 7. The third-order valence-electron chi connectivity index (χ3n) is 7.18. The van der Waals surface area contributed by atoms with Crippen LogP contribution in [0.5, 0.6) is 0 Å². The molecule has 1 atom stereocenters. The molecular formula is C28H32F3N6O3+. The predicted octanol–water partition coefficient (Wildman–Crippen LogP) is 4.54. The summed E-state index contributed by atoms with van der Waals surface area (Å²) in [5.41, 5.74) is 6.18. The van der Waals surface area contributed by atoms with Crippen LogP contribution in [0.2, 0.25) is 0 Å². The Kier molecular flexibility index (Phi) is 8.60. The van der Waals surface area contributed by atoms with Crippen LogP contribution >= 0.6 is 0 Å². The molecule has 12 heteroatoms. The number of hydrogen-bond acceptors (Lipinski definition) is 5. The Morgan fingerprint density at radius 1 is 1.20 bits per heavy atom. The number of urea groups is 1. The molecule has 3 N–H and O–H groups in total. The Hall–Kier alpha value is -4.37. The molecule has 0 spiro atoms. The van der Waals surface area contributed by atoms with Gasteiger partial charge in [0.25, 0.3) is 0 Å². The monoisotopic (exact) mass is 557 g/mol. The van der Waals surface area contributed by atoms with Gasteiger partial charge in [-0.05, 0) is 55.3 Å². The lowest BCUT2D eigenvalue weighted by Gasteiger charge is -2.43. The first-order valence-electron chi connectivity index (χ1n) is 12.5. The number of benzene rings is 2. The van der Waals surface area contributed by atoms with Crippen LogP contribution in [0.1, 0.15) is 42.1 Å². The lowest BCUT2D eigenvalue weighted by Crippen LogP contribution is -2.55. The van der Waals surface area contributed by atoms with Crippen molar-refractivity contribution in [3.63, 3.8) is 0 Å². The maximum atomic E-state index is 13.5. The summed E-state index contributed by atoms with van der Waals surface area (Å²) in [6.07, 6.45) is -4.20. The van der Waals surface area contributed by atoms with Gasteiger partial charge in [-0.2, -0.15) is 18.4 Å². The molecule has 0 radical (unpaired) electrons. The number of carbonyl (C=O) groups is 2. The van der Waals surface area contributed by atoms with E-state index in [1.54, 1.807) is 12.1 Å². The van der Waals surface area contributed by atoms with Gasteiger partial charge in [0, 0.05) is 17.8 Å². The molecule has 9 nitrogen and oxygen atoms in total. The van der Waals surface area contributed by atoms with Crippen molar-refractivity contribution in [2.24, 2.45) is 5.73 Å². The molecular weight excluding hydrogens is 525 g/mol. The lowest BCUT2D eigenvalue weighted by molar-refractivity contribution is -0.888. The largest absolute Gasteiger partial charge is 0.466 e. The SMILES string of the molecule is CC[N+](C)(C)CCc1cc(C#N)ccc1[C@@H]1C(C(=O)OC)=C(C)N(c2cccc(C(F)(F)F)c2)C(=N)N1C(N)=O. The number of carbonyl (C=O) groups excluding carboxylic acids is 2. The summed E-state index contributed by atoms with van der Waals surface area (Å²) >= 11 is 0. The first-order chi connectivity index (χ1) is 18.7. The Morgan fingerprint density at radius 3 is 2.42 bits per heavy atom. The van der Waals surface area contributed by atoms with Gasteiger partial charge in [0.15, 0.2) is 0 Å².